The lowest BCUT2D eigenvalue weighted by Crippen LogP contribution is -2.26. The first-order valence-corrected chi connectivity index (χ1v) is 7.20. The lowest BCUT2D eigenvalue weighted by atomic mass is 10.1. The van der Waals surface area contributed by atoms with E-state index in [-0.39, 0.29) is 5.91 Å². The van der Waals surface area contributed by atoms with Gasteiger partial charge in [-0.1, -0.05) is 18.2 Å². The third-order valence-corrected chi connectivity index (χ3v) is 3.94. The van der Waals surface area contributed by atoms with Crippen LogP contribution in [0.4, 0.5) is 5.69 Å². The summed E-state index contributed by atoms with van der Waals surface area (Å²) in [7, 11) is 1.73. The Labute approximate surface area is 127 Å². The predicted octanol–water partition coefficient (Wildman–Crippen LogP) is 3.43. The molecule has 1 heterocycles. The average molecular weight is 301 g/mol. The number of carboxylic acids is 1. The Balaban J connectivity index is 2.21. The van der Waals surface area contributed by atoms with E-state index >= 15 is 0 Å². The van der Waals surface area contributed by atoms with Crippen LogP contribution in [0.2, 0.25) is 0 Å². The zero-order valence-electron chi connectivity index (χ0n) is 11.7. The van der Waals surface area contributed by atoms with Crippen molar-refractivity contribution in [2.24, 2.45) is 0 Å². The molecule has 108 valence electrons. The summed E-state index contributed by atoms with van der Waals surface area (Å²) in [6.07, 6.45) is 2.54. The summed E-state index contributed by atoms with van der Waals surface area (Å²) < 4.78 is 0. The largest absolute Gasteiger partial charge is 0.478 e. The van der Waals surface area contributed by atoms with Crippen LogP contribution in [0, 0.1) is 6.92 Å². The topological polar surface area (TPSA) is 57.6 Å². The standard InChI is InChI=1S/C16H15NO3S/c1-11-5-3-4-6-14(11)17(2)16(20)12-9-13(21-10-12)7-8-15(18)19/h3-10H,1-2H3,(H,18,19). The molecule has 1 N–H and O–H groups in total. The number of carboxylic acid groups (broad SMARTS) is 1. The van der Waals surface area contributed by atoms with E-state index in [1.165, 1.54) is 17.4 Å². The Morgan fingerprint density at radius 1 is 1.29 bits per heavy atom. The molecule has 0 fully saturated rings. The molecule has 0 saturated heterocycles. The van der Waals surface area contributed by atoms with Crippen molar-refractivity contribution < 1.29 is 14.7 Å². The summed E-state index contributed by atoms with van der Waals surface area (Å²) in [4.78, 5) is 25.3. The number of nitrogens with zero attached hydrogens (tertiary/aromatic N) is 1. The first kappa shape index (κ1) is 15.0. The maximum absolute atomic E-state index is 12.4. The summed E-state index contributed by atoms with van der Waals surface area (Å²) in [6, 6.07) is 9.36. The molecule has 0 saturated carbocycles. The number of carbonyl (C=O) groups excluding carboxylic acids is 1. The first-order valence-electron chi connectivity index (χ1n) is 6.32. The van der Waals surface area contributed by atoms with Gasteiger partial charge in [-0.25, -0.2) is 4.79 Å². The van der Waals surface area contributed by atoms with Gasteiger partial charge in [0.05, 0.1) is 5.56 Å². The van der Waals surface area contributed by atoms with Crippen molar-refractivity contribution in [3.05, 3.63) is 57.8 Å². The minimum Gasteiger partial charge on any atom is -0.478 e. The summed E-state index contributed by atoms with van der Waals surface area (Å²) in [5.41, 5.74) is 2.43. The molecule has 0 spiro atoms. The highest BCUT2D eigenvalue weighted by atomic mass is 32.1. The smallest absolute Gasteiger partial charge is 0.328 e. The number of para-hydroxylation sites is 1. The number of amides is 1. The number of hydrogen-bond donors (Lipinski definition) is 1. The maximum atomic E-state index is 12.4. The number of aryl methyl sites for hydroxylation is 1. The fourth-order valence-electron chi connectivity index (χ4n) is 1.95. The number of benzene rings is 1. The lowest BCUT2D eigenvalue weighted by molar-refractivity contribution is -0.131. The highest BCUT2D eigenvalue weighted by Gasteiger charge is 2.16. The highest BCUT2D eigenvalue weighted by molar-refractivity contribution is 7.11. The van der Waals surface area contributed by atoms with E-state index < -0.39 is 5.97 Å². The molecule has 0 bridgehead atoms. The zero-order chi connectivity index (χ0) is 15.4. The number of aliphatic carboxylic acids is 1. The fourth-order valence-corrected chi connectivity index (χ4v) is 2.72. The lowest BCUT2D eigenvalue weighted by Gasteiger charge is -2.18. The number of rotatable bonds is 4. The van der Waals surface area contributed by atoms with Gasteiger partial charge in [-0.05, 0) is 30.7 Å². The normalized spacial score (nSPS) is 10.8. The first-order chi connectivity index (χ1) is 9.99. The summed E-state index contributed by atoms with van der Waals surface area (Å²) in [5, 5.41) is 10.3. The second kappa shape index (κ2) is 6.37. The number of thiophene rings is 1. The van der Waals surface area contributed by atoms with Crippen LogP contribution in [0.1, 0.15) is 20.8 Å². The van der Waals surface area contributed by atoms with Crippen molar-refractivity contribution in [1.82, 2.24) is 0 Å². The van der Waals surface area contributed by atoms with Crippen molar-refractivity contribution in [3.63, 3.8) is 0 Å². The van der Waals surface area contributed by atoms with E-state index in [4.69, 9.17) is 5.11 Å². The van der Waals surface area contributed by atoms with Gasteiger partial charge in [-0.15, -0.1) is 11.3 Å². The second-order valence-electron chi connectivity index (χ2n) is 4.56. The van der Waals surface area contributed by atoms with Crippen LogP contribution >= 0.6 is 11.3 Å². The summed E-state index contributed by atoms with van der Waals surface area (Å²) in [5.74, 6) is -1.12. The maximum Gasteiger partial charge on any atom is 0.328 e. The molecule has 0 unspecified atom stereocenters. The summed E-state index contributed by atoms with van der Waals surface area (Å²) in [6.45, 7) is 1.95. The van der Waals surface area contributed by atoms with Crippen LogP contribution in [0.25, 0.3) is 6.08 Å². The van der Waals surface area contributed by atoms with E-state index in [0.29, 0.717) is 5.56 Å². The fraction of sp³-hybridized carbons (Fsp3) is 0.125. The Morgan fingerprint density at radius 2 is 2.00 bits per heavy atom. The number of carbonyl (C=O) groups is 2. The van der Waals surface area contributed by atoms with Crippen LogP contribution in [-0.2, 0) is 4.79 Å². The van der Waals surface area contributed by atoms with Gasteiger partial charge in [-0.3, -0.25) is 4.79 Å². The summed E-state index contributed by atoms with van der Waals surface area (Å²) >= 11 is 1.34. The molecule has 21 heavy (non-hydrogen) atoms. The van der Waals surface area contributed by atoms with Crippen molar-refractivity contribution in [2.45, 2.75) is 6.92 Å². The van der Waals surface area contributed by atoms with Crippen LogP contribution in [0.3, 0.4) is 0 Å². The van der Waals surface area contributed by atoms with Gasteiger partial charge in [0.25, 0.3) is 5.91 Å². The van der Waals surface area contributed by atoms with Gasteiger partial charge in [0.2, 0.25) is 0 Å². The Bertz CT molecular complexity index is 703. The molecule has 1 aromatic heterocycles. The van der Waals surface area contributed by atoms with E-state index in [9.17, 15) is 9.59 Å². The van der Waals surface area contributed by atoms with Gasteiger partial charge in [0, 0.05) is 29.1 Å². The van der Waals surface area contributed by atoms with Gasteiger partial charge >= 0.3 is 5.97 Å². The monoisotopic (exact) mass is 301 g/mol. The van der Waals surface area contributed by atoms with Gasteiger partial charge in [0.1, 0.15) is 0 Å². The minimum atomic E-state index is -1.01. The van der Waals surface area contributed by atoms with Gasteiger partial charge in [-0.2, -0.15) is 0 Å². The molecule has 4 nitrogen and oxygen atoms in total. The Kier molecular flexibility index (Phi) is 4.55. The van der Waals surface area contributed by atoms with Crippen molar-refractivity contribution in [1.29, 1.82) is 0 Å². The third kappa shape index (κ3) is 3.58. The average Bonchev–Trinajstić information content (AvgIpc) is 2.93. The minimum absolute atomic E-state index is 0.115. The molecule has 0 atom stereocenters. The van der Waals surface area contributed by atoms with E-state index in [2.05, 4.69) is 0 Å². The second-order valence-corrected chi connectivity index (χ2v) is 5.50. The Hall–Kier alpha value is -2.40. The van der Waals surface area contributed by atoms with Crippen LogP contribution in [0.15, 0.2) is 41.8 Å². The quantitative estimate of drug-likeness (QED) is 0.880. The van der Waals surface area contributed by atoms with Crippen LogP contribution in [0.5, 0.6) is 0 Å². The zero-order valence-corrected chi connectivity index (χ0v) is 12.6. The van der Waals surface area contributed by atoms with E-state index in [0.717, 1.165) is 22.2 Å². The molecule has 5 heteroatoms. The van der Waals surface area contributed by atoms with Crippen molar-refractivity contribution >= 4 is 35.0 Å². The molecule has 2 aromatic rings. The molecule has 1 amide bonds. The molecule has 2 rings (SSSR count). The van der Waals surface area contributed by atoms with Crippen LogP contribution in [-0.4, -0.2) is 24.0 Å². The SMILES string of the molecule is Cc1ccccc1N(C)C(=O)c1csc(C=CC(=O)O)c1. The van der Waals surface area contributed by atoms with Crippen LogP contribution < -0.4 is 4.90 Å². The number of anilines is 1. The predicted molar refractivity (Wildman–Crippen MR) is 84.9 cm³/mol. The van der Waals surface area contributed by atoms with Gasteiger partial charge < -0.3 is 10.0 Å². The molecule has 0 aliphatic rings. The molecule has 1 aromatic carbocycles. The van der Waals surface area contributed by atoms with Gasteiger partial charge in [0.15, 0.2) is 0 Å². The third-order valence-electron chi connectivity index (χ3n) is 3.04. The molecule has 0 aliphatic heterocycles. The van der Waals surface area contributed by atoms with Crippen molar-refractivity contribution in [2.75, 3.05) is 11.9 Å². The highest BCUT2D eigenvalue weighted by Crippen LogP contribution is 2.23. The van der Waals surface area contributed by atoms with E-state index in [1.54, 1.807) is 23.4 Å². The number of hydrogen-bond acceptors (Lipinski definition) is 3. The molecular formula is C16H15NO3S. The molecular weight excluding hydrogens is 286 g/mol. The Morgan fingerprint density at radius 3 is 2.67 bits per heavy atom. The van der Waals surface area contributed by atoms with E-state index in [1.807, 2.05) is 31.2 Å². The van der Waals surface area contributed by atoms with Crippen molar-refractivity contribution in [3.8, 4) is 0 Å². The molecule has 0 aliphatic carbocycles. The molecule has 0 radical (unpaired) electrons.